The molecule has 0 saturated heterocycles. The van der Waals surface area contributed by atoms with Crippen molar-refractivity contribution in [2.45, 2.75) is 37.8 Å². The Morgan fingerprint density at radius 2 is 2.12 bits per heavy atom. The Morgan fingerprint density at radius 1 is 1.47 bits per heavy atom. The van der Waals surface area contributed by atoms with Crippen LogP contribution in [0, 0.1) is 0 Å². The lowest BCUT2D eigenvalue weighted by molar-refractivity contribution is 0.0917. The molecule has 0 unspecified atom stereocenters. The van der Waals surface area contributed by atoms with Crippen LogP contribution >= 0.6 is 15.9 Å². The second-order valence-electron chi connectivity index (χ2n) is 4.74. The van der Waals surface area contributed by atoms with Gasteiger partial charge in [-0.25, -0.2) is 0 Å². The molecule has 17 heavy (non-hydrogen) atoms. The Balaban J connectivity index is 1.95. The highest BCUT2D eigenvalue weighted by molar-refractivity contribution is 9.10. The van der Waals surface area contributed by atoms with Gasteiger partial charge in [0, 0.05) is 29.8 Å². The lowest BCUT2D eigenvalue weighted by atomic mass is 9.92. The number of nitrogens with two attached hydrogens (primary N) is 1. The molecule has 1 fully saturated rings. The van der Waals surface area contributed by atoms with Crippen LogP contribution in [0.4, 0.5) is 0 Å². The number of amides is 1. The summed E-state index contributed by atoms with van der Waals surface area (Å²) in [6.45, 7) is 0. The van der Waals surface area contributed by atoms with Crippen LogP contribution in [-0.4, -0.2) is 22.6 Å². The summed E-state index contributed by atoms with van der Waals surface area (Å²) in [7, 11) is 1.87. The molecule has 2 rings (SSSR count). The van der Waals surface area contributed by atoms with Crippen LogP contribution in [0.15, 0.2) is 16.7 Å². The number of halogens is 1. The van der Waals surface area contributed by atoms with E-state index in [1.54, 1.807) is 0 Å². The monoisotopic (exact) mass is 299 g/mol. The van der Waals surface area contributed by atoms with Gasteiger partial charge in [-0.1, -0.05) is 0 Å². The van der Waals surface area contributed by atoms with Gasteiger partial charge in [0.1, 0.15) is 5.69 Å². The van der Waals surface area contributed by atoms with Gasteiger partial charge in [-0.05, 0) is 47.7 Å². The number of carbonyl (C=O) groups excluding carboxylic acids is 1. The van der Waals surface area contributed by atoms with Gasteiger partial charge in [0.2, 0.25) is 0 Å². The zero-order valence-corrected chi connectivity index (χ0v) is 11.5. The summed E-state index contributed by atoms with van der Waals surface area (Å²) in [5.41, 5.74) is 6.53. The second-order valence-corrected chi connectivity index (χ2v) is 5.66. The van der Waals surface area contributed by atoms with E-state index >= 15 is 0 Å². The number of rotatable bonds is 2. The van der Waals surface area contributed by atoms with Gasteiger partial charge in [0.05, 0.1) is 0 Å². The maximum atomic E-state index is 12.0. The number of carbonyl (C=O) groups is 1. The third kappa shape index (κ3) is 3.10. The van der Waals surface area contributed by atoms with Crippen LogP contribution < -0.4 is 11.1 Å². The summed E-state index contributed by atoms with van der Waals surface area (Å²) in [6, 6.07) is 2.42. The standard InChI is InChI=1S/C12H18BrN3O/c1-16-7-8(13)6-11(16)12(17)15-10-4-2-9(14)3-5-10/h6-7,9-10H,2-5,14H2,1H3,(H,15,17). The summed E-state index contributed by atoms with van der Waals surface area (Å²) in [5, 5.41) is 3.07. The summed E-state index contributed by atoms with van der Waals surface area (Å²) >= 11 is 3.37. The van der Waals surface area contributed by atoms with Crippen molar-refractivity contribution in [1.29, 1.82) is 0 Å². The van der Waals surface area contributed by atoms with E-state index in [0.29, 0.717) is 11.7 Å². The lowest BCUT2D eigenvalue weighted by Crippen LogP contribution is -2.40. The Bertz CT molecular complexity index is 408. The molecule has 0 bridgehead atoms. The Labute approximate surface area is 110 Å². The van der Waals surface area contributed by atoms with Gasteiger partial charge in [0.15, 0.2) is 0 Å². The minimum Gasteiger partial charge on any atom is -0.348 e. The van der Waals surface area contributed by atoms with Crippen molar-refractivity contribution < 1.29 is 4.79 Å². The number of hydrogen-bond acceptors (Lipinski definition) is 2. The average Bonchev–Trinajstić information content (AvgIpc) is 2.61. The molecule has 0 spiro atoms. The largest absolute Gasteiger partial charge is 0.348 e. The summed E-state index contributed by atoms with van der Waals surface area (Å²) in [5.74, 6) is -0.00123. The van der Waals surface area contributed by atoms with Crippen molar-refractivity contribution in [2.75, 3.05) is 0 Å². The molecule has 1 aliphatic rings. The first kappa shape index (κ1) is 12.6. The number of aryl methyl sites for hydroxylation is 1. The summed E-state index contributed by atoms with van der Waals surface area (Å²) in [4.78, 5) is 12.0. The fourth-order valence-electron chi connectivity index (χ4n) is 2.27. The Hall–Kier alpha value is -0.810. The number of aromatic nitrogens is 1. The van der Waals surface area contributed by atoms with Crippen molar-refractivity contribution in [3.05, 3.63) is 22.4 Å². The molecule has 1 aliphatic carbocycles. The molecule has 94 valence electrons. The normalized spacial score (nSPS) is 24.6. The fourth-order valence-corrected chi connectivity index (χ4v) is 2.80. The van der Waals surface area contributed by atoms with Crippen LogP contribution in [0.5, 0.6) is 0 Å². The smallest absolute Gasteiger partial charge is 0.268 e. The van der Waals surface area contributed by atoms with E-state index in [9.17, 15) is 4.79 Å². The topological polar surface area (TPSA) is 60.0 Å². The molecule has 1 heterocycles. The third-order valence-electron chi connectivity index (χ3n) is 3.31. The summed E-state index contributed by atoms with van der Waals surface area (Å²) < 4.78 is 2.75. The highest BCUT2D eigenvalue weighted by Gasteiger charge is 2.21. The molecule has 1 amide bonds. The molecule has 4 nitrogen and oxygen atoms in total. The van der Waals surface area contributed by atoms with E-state index in [-0.39, 0.29) is 11.9 Å². The molecular weight excluding hydrogens is 282 g/mol. The van der Waals surface area contributed by atoms with Crippen molar-refractivity contribution >= 4 is 21.8 Å². The van der Waals surface area contributed by atoms with E-state index in [0.717, 1.165) is 30.2 Å². The third-order valence-corrected chi connectivity index (χ3v) is 3.74. The minimum atomic E-state index is -0.00123. The van der Waals surface area contributed by atoms with Crippen LogP contribution in [0.1, 0.15) is 36.2 Å². The van der Waals surface area contributed by atoms with E-state index in [1.165, 1.54) is 0 Å². The SMILES string of the molecule is Cn1cc(Br)cc1C(=O)NC1CCC(N)CC1. The van der Waals surface area contributed by atoms with Crippen LogP contribution in [-0.2, 0) is 7.05 Å². The van der Waals surface area contributed by atoms with Crippen molar-refractivity contribution in [3.8, 4) is 0 Å². The quantitative estimate of drug-likeness (QED) is 0.875. The van der Waals surface area contributed by atoms with Gasteiger partial charge in [-0.3, -0.25) is 4.79 Å². The molecule has 0 aliphatic heterocycles. The molecule has 0 radical (unpaired) electrons. The average molecular weight is 300 g/mol. The van der Waals surface area contributed by atoms with E-state index < -0.39 is 0 Å². The molecule has 1 aromatic rings. The van der Waals surface area contributed by atoms with Crippen LogP contribution in [0.2, 0.25) is 0 Å². The molecule has 1 aromatic heterocycles. The van der Waals surface area contributed by atoms with Gasteiger partial charge in [0.25, 0.3) is 5.91 Å². The number of nitrogens with zero attached hydrogens (tertiary/aromatic N) is 1. The van der Waals surface area contributed by atoms with E-state index in [2.05, 4.69) is 21.2 Å². The van der Waals surface area contributed by atoms with Crippen molar-refractivity contribution in [2.24, 2.45) is 12.8 Å². The van der Waals surface area contributed by atoms with Crippen molar-refractivity contribution in [1.82, 2.24) is 9.88 Å². The number of hydrogen-bond donors (Lipinski definition) is 2. The summed E-state index contributed by atoms with van der Waals surface area (Å²) in [6.07, 6.45) is 5.85. The second kappa shape index (κ2) is 5.23. The van der Waals surface area contributed by atoms with Gasteiger partial charge >= 0.3 is 0 Å². The lowest BCUT2D eigenvalue weighted by Gasteiger charge is -2.26. The first-order valence-corrected chi connectivity index (χ1v) is 6.74. The maximum absolute atomic E-state index is 12.0. The van der Waals surface area contributed by atoms with Crippen molar-refractivity contribution in [3.63, 3.8) is 0 Å². The first-order valence-electron chi connectivity index (χ1n) is 5.94. The molecule has 3 N–H and O–H groups in total. The van der Waals surface area contributed by atoms with Gasteiger partial charge in [-0.2, -0.15) is 0 Å². The molecule has 5 heteroatoms. The van der Waals surface area contributed by atoms with Gasteiger partial charge < -0.3 is 15.6 Å². The first-order chi connectivity index (χ1) is 8.06. The van der Waals surface area contributed by atoms with E-state index in [1.807, 2.05) is 23.9 Å². The van der Waals surface area contributed by atoms with Gasteiger partial charge in [-0.15, -0.1) is 0 Å². The zero-order valence-electron chi connectivity index (χ0n) is 9.95. The number of nitrogens with one attached hydrogen (secondary N) is 1. The predicted molar refractivity (Wildman–Crippen MR) is 70.8 cm³/mol. The van der Waals surface area contributed by atoms with Crippen LogP contribution in [0.3, 0.4) is 0 Å². The van der Waals surface area contributed by atoms with E-state index in [4.69, 9.17) is 5.73 Å². The molecule has 0 aromatic carbocycles. The zero-order chi connectivity index (χ0) is 12.4. The molecule has 1 saturated carbocycles. The fraction of sp³-hybridized carbons (Fsp3) is 0.583. The van der Waals surface area contributed by atoms with Crippen LogP contribution in [0.25, 0.3) is 0 Å². The predicted octanol–water partition coefficient (Wildman–Crippen LogP) is 1.79. The Morgan fingerprint density at radius 3 is 2.65 bits per heavy atom. The Kier molecular flexibility index (Phi) is 3.89. The highest BCUT2D eigenvalue weighted by Crippen LogP contribution is 2.18. The minimum absolute atomic E-state index is 0.00123. The molecular formula is C12H18BrN3O. The highest BCUT2D eigenvalue weighted by atomic mass is 79.9. The maximum Gasteiger partial charge on any atom is 0.268 e. The molecule has 0 atom stereocenters.